The number of carbonyl (C=O) groups is 1. The minimum absolute atomic E-state index is 0.437. The standard InChI is InChI=1S/C14H14O5/c1-16-11(15)5-4-9-8-10-6-7-19-13(10)14(18-3)12(9)17-2/h4-8H,1-3H3/b5-4-. The average Bonchev–Trinajstić information content (AvgIpc) is 2.90. The summed E-state index contributed by atoms with van der Waals surface area (Å²) in [5, 5.41) is 0.863. The molecule has 0 unspecified atom stereocenters. The van der Waals surface area contributed by atoms with Gasteiger partial charge >= 0.3 is 5.97 Å². The minimum atomic E-state index is -0.437. The molecule has 0 aliphatic carbocycles. The number of methoxy groups -OCH3 is 3. The zero-order chi connectivity index (χ0) is 13.8. The summed E-state index contributed by atoms with van der Waals surface area (Å²) in [7, 11) is 4.39. The number of rotatable bonds is 4. The van der Waals surface area contributed by atoms with E-state index >= 15 is 0 Å². The Bertz CT molecular complexity index is 624. The van der Waals surface area contributed by atoms with Crippen LogP contribution in [0.3, 0.4) is 0 Å². The van der Waals surface area contributed by atoms with Crippen LogP contribution in [-0.2, 0) is 9.53 Å². The van der Waals surface area contributed by atoms with Crippen LogP contribution in [0.1, 0.15) is 5.56 Å². The van der Waals surface area contributed by atoms with E-state index < -0.39 is 5.97 Å². The van der Waals surface area contributed by atoms with E-state index in [-0.39, 0.29) is 0 Å². The summed E-state index contributed by atoms with van der Waals surface area (Å²) < 4.78 is 20.6. The molecule has 0 bridgehead atoms. The van der Waals surface area contributed by atoms with Crippen LogP contribution in [0, 0.1) is 0 Å². The van der Waals surface area contributed by atoms with Crippen molar-refractivity contribution in [3.05, 3.63) is 30.0 Å². The van der Waals surface area contributed by atoms with Gasteiger partial charge in [0.05, 0.1) is 27.6 Å². The molecule has 5 heteroatoms. The van der Waals surface area contributed by atoms with Crippen molar-refractivity contribution in [2.45, 2.75) is 0 Å². The molecule has 0 fully saturated rings. The van der Waals surface area contributed by atoms with Crippen LogP contribution in [0.4, 0.5) is 0 Å². The Balaban J connectivity index is 2.59. The van der Waals surface area contributed by atoms with Gasteiger partial charge in [-0.3, -0.25) is 0 Å². The Hall–Kier alpha value is -2.43. The summed E-state index contributed by atoms with van der Waals surface area (Å²) in [4.78, 5) is 11.2. The van der Waals surface area contributed by atoms with Gasteiger partial charge in [-0.25, -0.2) is 4.79 Å². The van der Waals surface area contributed by atoms with E-state index in [1.54, 1.807) is 12.3 Å². The number of hydrogen-bond acceptors (Lipinski definition) is 5. The summed E-state index contributed by atoms with van der Waals surface area (Å²) >= 11 is 0. The summed E-state index contributed by atoms with van der Waals surface area (Å²) in [5.41, 5.74) is 1.31. The number of esters is 1. The molecular formula is C14H14O5. The van der Waals surface area contributed by atoms with E-state index in [0.29, 0.717) is 22.6 Å². The summed E-state index contributed by atoms with van der Waals surface area (Å²) in [5.74, 6) is 0.563. The van der Waals surface area contributed by atoms with Crippen LogP contribution in [0.2, 0.25) is 0 Å². The van der Waals surface area contributed by atoms with Crippen LogP contribution >= 0.6 is 0 Å². The molecule has 0 spiro atoms. The van der Waals surface area contributed by atoms with E-state index in [2.05, 4.69) is 4.74 Å². The van der Waals surface area contributed by atoms with E-state index in [1.807, 2.05) is 12.1 Å². The zero-order valence-corrected chi connectivity index (χ0v) is 10.9. The number of fused-ring (bicyclic) bond motifs is 1. The molecule has 19 heavy (non-hydrogen) atoms. The molecule has 0 aliphatic rings. The topological polar surface area (TPSA) is 57.9 Å². The lowest BCUT2D eigenvalue weighted by molar-refractivity contribution is -0.134. The van der Waals surface area contributed by atoms with Crippen molar-refractivity contribution in [2.24, 2.45) is 0 Å². The quantitative estimate of drug-likeness (QED) is 0.626. The Morgan fingerprint density at radius 3 is 2.58 bits per heavy atom. The van der Waals surface area contributed by atoms with Crippen LogP contribution in [-0.4, -0.2) is 27.3 Å². The predicted octanol–water partition coefficient (Wildman–Crippen LogP) is 2.64. The Kier molecular flexibility index (Phi) is 3.75. The number of hydrogen-bond donors (Lipinski definition) is 0. The van der Waals surface area contributed by atoms with Gasteiger partial charge in [0.15, 0.2) is 11.3 Å². The predicted molar refractivity (Wildman–Crippen MR) is 70.4 cm³/mol. The van der Waals surface area contributed by atoms with Gasteiger partial charge in [-0.05, 0) is 18.2 Å². The number of carbonyl (C=O) groups excluding carboxylic acids is 1. The molecule has 0 aliphatic heterocycles. The molecule has 1 heterocycles. The fourth-order valence-electron chi connectivity index (χ4n) is 1.83. The second-order valence-electron chi connectivity index (χ2n) is 3.73. The molecule has 0 N–H and O–H groups in total. The Morgan fingerprint density at radius 2 is 1.95 bits per heavy atom. The maximum absolute atomic E-state index is 11.2. The first-order valence-electron chi connectivity index (χ1n) is 5.59. The van der Waals surface area contributed by atoms with Crippen molar-refractivity contribution in [1.82, 2.24) is 0 Å². The lowest BCUT2D eigenvalue weighted by atomic mass is 10.1. The van der Waals surface area contributed by atoms with Gasteiger partial charge in [0.1, 0.15) is 0 Å². The minimum Gasteiger partial charge on any atom is -0.492 e. The summed E-state index contributed by atoms with van der Waals surface area (Å²) in [6, 6.07) is 3.66. The van der Waals surface area contributed by atoms with Crippen molar-refractivity contribution in [1.29, 1.82) is 0 Å². The lowest BCUT2D eigenvalue weighted by Crippen LogP contribution is -1.96. The van der Waals surface area contributed by atoms with Crippen molar-refractivity contribution in [3.8, 4) is 11.5 Å². The Labute approximate surface area is 110 Å². The normalized spacial score (nSPS) is 10.9. The molecule has 0 saturated heterocycles. The largest absolute Gasteiger partial charge is 0.492 e. The SMILES string of the molecule is COC(=O)/C=C\c1cc2ccoc2c(OC)c1OC. The zero-order valence-electron chi connectivity index (χ0n) is 10.9. The van der Waals surface area contributed by atoms with Crippen LogP contribution < -0.4 is 9.47 Å². The van der Waals surface area contributed by atoms with Gasteiger partial charge in [0.25, 0.3) is 0 Å². The van der Waals surface area contributed by atoms with E-state index in [0.717, 1.165) is 5.39 Å². The average molecular weight is 262 g/mol. The molecule has 0 radical (unpaired) electrons. The summed E-state index contributed by atoms with van der Waals surface area (Å²) in [6.45, 7) is 0. The van der Waals surface area contributed by atoms with Crippen molar-refractivity contribution in [3.63, 3.8) is 0 Å². The van der Waals surface area contributed by atoms with Crippen LogP contribution in [0.5, 0.6) is 11.5 Å². The first kappa shape index (κ1) is 13.0. The van der Waals surface area contributed by atoms with Gasteiger partial charge in [-0.2, -0.15) is 0 Å². The second kappa shape index (κ2) is 5.48. The molecule has 1 aromatic carbocycles. The van der Waals surface area contributed by atoms with Crippen molar-refractivity contribution in [2.75, 3.05) is 21.3 Å². The smallest absolute Gasteiger partial charge is 0.330 e. The maximum Gasteiger partial charge on any atom is 0.330 e. The maximum atomic E-state index is 11.2. The van der Waals surface area contributed by atoms with Gasteiger partial charge < -0.3 is 18.6 Å². The molecule has 0 atom stereocenters. The highest BCUT2D eigenvalue weighted by Crippen LogP contribution is 2.39. The second-order valence-corrected chi connectivity index (χ2v) is 3.73. The summed E-state index contributed by atoms with van der Waals surface area (Å²) in [6.07, 6.45) is 4.50. The highest BCUT2D eigenvalue weighted by molar-refractivity contribution is 5.93. The molecule has 0 saturated carbocycles. The van der Waals surface area contributed by atoms with E-state index in [1.165, 1.54) is 27.4 Å². The van der Waals surface area contributed by atoms with Gasteiger partial charge in [0, 0.05) is 17.0 Å². The molecule has 0 amide bonds. The third-order valence-electron chi connectivity index (χ3n) is 2.69. The number of benzene rings is 1. The van der Waals surface area contributed by atoms with Gasteiger partial charge in [-0.1, -0.05) is 0 Å². The van der Waals surface area contributed by atoms with E-state index in [4.69, 9.17) is 13.9 Å². The Morgan fingerprint density at radius 1 is 1.21 bits per heavy atom. The van der Waals surface area contributed by atoms with Crippen LogP contribution in [0.25, 0.3) is 17.0 Å². The molecule has 2 rings (SSSR count). The highest BCUT2D eigenvalue weighted by Gasteiger charge is 2.16. The number of furan rings is 1. The van der Waals surface area contributed by atoms with Crippen molar-refractivity contribution < 1.29 is 23.4 Å². The third-order valence-corrected chi connectivity index (χ3v) is 2.69. The number of ether oxygens (including phenoxy) is 3. The fourth-order valence-corrected chi connectivity index (χ4v) is 1.83. The van der Waals surface area contributed by atoms with Gasteiger partial charge in [-0.15, -0.1) is 0 Å². The molecule has 2 aromatic rings. The highest BCUT2D eigenvalue weighted by atomic mass is 16.5. The first-order chi connectivity index (χ1) is 9.21. The molecule has 5 nitrogen and oxygen atoms in total. The molecular weight excluding hydrogens is 248 g/mol. The molecule has 100 valence electrons. The van der Waals surface area contributed by atoms with Crippen molar-refractivity contribution >= 4 is 23.0 Å². The lowest BCUT2D eigenvalue weighted by Gasteiger charge is -2.10. The third kappa shape index (κ3) is 2.40. The van der Waals surface area contributed by atoms with Crippen LogP contribution in [0.15, 0.2) is 28.9 Å². The fraction of sp³-hybridized carbons (Fsp3) is 0.214. The van der Waals surface area contributed by atoms with Gasteiger partial charge in [0.2, 0.25) is 5.75 Å². The first-order valence-corrected chi connectivity index (χ1v) is 5.59. The monoisotopic (exact) mass is 262 g/mol. The molecule has 1 aromatic heterocycles. The van der Waals surface area contributed by atoms with E-state index in [9.17, 15) is 4.79 Å².